The summed E-state index contributed by atoms with van der Waals surface area (Å²) in [7, 11) is 1.30. The number of hydrogen-bond acceptors (Lipinski definition) is 6. The molecule has 1 aliphatic rings. The lowest BCUT2D eigenvalue weighted by Crippen LogP contribution is -2.24. The Morgan fingerprint density at radius 3 is 2.67 bits per heavy atom. The number of ether oxygens (including phenoxy) is 2. The van der Waals surface area contributed by atoms with Crippen LogP contribution < -0.4 is 10.1 Å². The fourth-order valence-corrected chi connectivity index (χ4v) is 2.91. The van der Waals surface area contributed by atoms with Gasteiger partial charge < -0.3 is 14.8 Å². The van der Waals surface area contributed by atoms with Gasteiger partial charge in [-0.1, -0.05) is 18.2 Å². The lowest BCUT2D eigenvalue weighted by Gasteiger charge is -2.16. The van der Waals surface area contributed by atoms with Crippen LogP contribution in [0, 0.1) is 34.4 Å². The first-order valence-corrected chi connectivity index (χ1v) is 8.16. The van der Waals surface area contributed by atoms with Crippen molar-refractivity contribution in [3.8, 4) is 29.1 Å². The zero-order valence-electron chi connectivity index (χ0n) is 14.5. The van der Waals surface area contributed by atoms with Gasteiger partial charge >= 0.3 is 0 Å². The van der Waals surface area contributed by atoms with E-state index < -0.39 is 5.82 Å². The van der Waals surface area contributed by atoms with Crippen LogP contribution in [0.1, 0.15) is 17.5 Å². The molecule has 2 aromatic rings. The Bertz CT molecular complexity index is 972. The van der Waals surface area contributed by atoms with E-state index >= 15 is 0 Å². The van der Waals surface area contributed by atoms with Crippen LogP contribution in [-0.2, 0) is 9.53 Å². The third-order valence-electron chi connectivity index (χ3n) is 4.27. The normalized spacial score (nSPS) is 15.6. The van der Waals surface area contributed by atoms with Crippen molar-refractivity contribution in [1.29, 1.82) is 10.5 Å². The number of nitriles is 2. The largest absolute Gasteiger partial charge is 0.480 e. The molecular weight excluding hydrogens is 351 g/mol. The van der Waals surface area contributed by atoms with Crippen LogP contribution in [0.25, 0.3) is 11.1 Å². The molecule has 1 aromatic carbocycles. The minimum Gasteiger partial charge on any atom is -0.480 e. The van der Waals surface area contributed by atoms with E-state index in [0.29, 0.717) is 13.0 Å². The molecule has 3 rings (SSSR count). The Balaban J connectivity index is 2.19. The molecule has 1 atom stereocenters. The Morgan fingerprint density at radius 1 is 1.33 bits per heavy atom. The topological polar surface area (TPSA) is 108 Å². The highest BCUT2D eigenvalue weighted by Crippen LogP contribution is 2.37. The highest BCUT2D eigenvalue weighted by molar-refractivity contribution is 5.95. The molecule has 1 unspecified atom stereocenters. The number of benzene rings is 1. The number of methoxy groups -OCH3 is 1. The maximum atomic E-state index is 14.4. The molecule has 0 saturated carbocycles. The van der Waals surface area contributed by atoms with Crippen LogP contribution in [0.15, 0.2) is 24.3 Å². The summed E-state index contributed by atoms with van der Waals surface area (Å²) in [6, 6.07) is 9.59. The fraction of sp³-hybridized carbons (Fsp3) is 0.263. The molecule has 0 bridgehead atoms. The van der Waals surface area contributed by atoms with Crippen molar-refractivity contribution in [2.75, 3.05) is 25.6 Å². The molecule has 27 heavy (non-hydrogen) atoms. The first-order chi connectivity index (χ1) is 13.1. The van der Waals surface area contributed by atoms with Crippen molar-refractivity contribution >= 4 is 11.7 Å². The van der Waals surface area contributed by atoms with Crippen molar-refractivity contribution in [3.05, 3.63) is 41.2 Å². The van der Waals surface area contributed by atoms with Crippen molar-refractivity contribution in [1.82, 2.24) is 4.98 Å². The molecule has 1 amide bonds. The Kier molecular flexibility index (Phi) is 5.30. The molecule has 0 radical (unpaired) electrons. The van der Waals surface area contributed by atoms with E-state index in [-0.39, 0.29) is 52.4 Å². The number of carbonyl (C=O) groups is 1. The maximum absolute atomic E-state index is 14.4. The number of hydrogen-bond donors (Lipinski definition) is 1. The Labute approximate surface area is 155 Å². The molecule has 1 N–H and O–H groups in total. The smallest absolute Gasteiger partial charge is 0.234 e. The van der Waals surface area contributed by atoms with Gasteiger partial charge in [-0.25, -0.2) is 4.39 Å². The standard InChI is InChI=1S/C19H15FN4O3/c1-26-19-14(9-22)16(12-4-2-3-5-15(12)20)13(8-21)17(24-19)23-18(25)11-6-7-27-10-11/h2-5,11H,6-7,10H2,1H3,(H,23,24,25). The van der Waals surface area contributed by atoms with E-state index in [1.807, 2.05) is 12.1 Å². The summed E-state index contributed by atoms with van der Waals surface area (Å²) in [6.07, 6.45) is 0.557. The summed E-state index contributed by atoms with van der Waals surface area (Å²) in [5.74, 6) is -1.52. The number of carbonyl (C=O) groups excluding carboxylic acids is 1. The number of nitrogens with one attached hydrogen (secondary N) is 1. The molecule has 1 fully saturated rings. The third-order valence-corrected chi connectivity index (χ3v) is 4.27. The van der Waals surface area contributed by atoms with Gasteiger partial charge in [-0.15, -0.1) is 0 Å². The van der Waals surface area contributed by atoms with E-state index in [0.717, 1.165) is 0 Å². The number of anilines is 1. The summed E-state index contributed by atoms with van der Waals surface area (Å²) in [6.45, 7) is 0.759. The number of pyridine rings is 1. The van der Waals surface area contributed by atoms with Crippen LogP contribution in [0.2, 0.25) is 0 Å². The maximum Gasteiger partial charge on any atom is 0.234 e. The number of aromatic nitrogens is 1. The second kappa shape index (κ2) is 7.81. The number of rotatable bonds is 4. The first kappa shape index (κ1) is 18.3. The van der Waals surface area contributed by atoms with Gasteiger partial charge in [0, 0.05) is 17.7 Å². The predicted octanol–water partition coefficient (Wildman–Crippen LogP) is 2.61. The molecule has 0 spiro atoms. The van der Waals surface area contributed by atoms with E-state index in [1.54, 1.807) is 6.07 Å². The minimum atomic E-state index is -0.611. The Morgan fingerprint density at radius 2 is 2.07 bits per heavy atom. The summed E-state index contributed by atoms with van der Waals surface area (Å²) in [5, 5.41) is 21.8. The molecule has 1 aliphatic heterocycles. The van der Waals surface area contributed by atoms with Gasteiger partial charge in [0.1, 0.15) is 29.1 Å². The lowest BCUT2D eigenvalue weighted by atomic mass is 9.95. The van der Waals surface area contributed by atoms with Gasteiger partial charge in [-0.2, -0.15) is 15.5 Å². The van der Waals surface area contributed by atoms with E-state index in [1.165, 1.54) is 25.3 Å². The summed E-state index contributed by atoms with van der Waals surface area (Å²) in [5.41, 5.74) is -0.111. The monoisotopic (exact) mass is 366 g/mol. The minimum absolute atomic E-state index is 0.0305. The van der Waals surface area contributed by atoms with Crippen LogP contribution >= 0.6 is 0 Å². The summed E-state index contributed by atoms with van der Waals surface area (Å²) < 4.78 is 24.7. The van der Waals surface area contributed by atoms with Gasteiger partial charge in [0.25, 0.3) is 0 Å². The SMILES string of the molecule is COc1nc(NC(=O)C2CCOC2)c(C#N)c(-c2ccccc2F)c1C#N. The molecule has 8 heteroatoms. The van der Waals surface area contributed by atoms with Crippen molar-refractivity contribution in [2.45, 2.75) is 6.42 Å². The average molecular weight is 366 g/mol. The van der Waals surface area contributed by atoms with E-state index in [2.05, 4.69) is 10.3 Å². The quantitative estimate of drug-likeness (QED) is 0.891. The van der Waals surface area contributed by atoms with Gasteiger partial charge in [-0.3, -0.25) is 4.79 Å². The second-order valence-electron chi connectivity index (χ2n) is 5.85. The van der Waals surface area contributed by atoms with Crippen LogP contribution in [0.4, 0.5) is 10.2 Å². The molecule has 0 aliphatic carbocycles. The first-order valence-electron chi connectivity index (χ1n) is 8.16. The highest BCUT2D eigenvalue weighted by Gasteiger charge is 2.28. The summed E-state index contributed by atoms with van der Waals surface area (Å²) >= 11 is 0. The van der Waals surface area contributed by atoms with Gasteiger partial charge in [0.05, 0.1) is 19.6 Å². The van der Waals surface area contributed by atoms with Gasteiger partial charge in [0.15, 0.2) is 5.82 Å². The molecule has 1 aromatic heterocycles. The van der Waals surface area contributed by atoms with Crippen LogP contribution in [0.3, 0.4) is 0 Å². The third kappa shape index (κ3) is 3.43. The van der Waals surface area contributed by atoms with Gasteiger partial charge in [-0.05, 0) is 12.5 Å². The van der Waals surface area contributed by atoms with Crippen molar-refractivity contribution in [2.24, 2.45) is 5.92 Å². The molecule has 136 valence electrons. The van der Waals surface area contributed by atoms with Crippen LogP contribution in [-0.4, -0.2) is 31.2 Å². The fourth-order valence-electron chi connectivity index (χ4n) is 2.91. The number of halogens is 1. The van der Waals surface area contributed by atoms with Crippen molar-refractivity contribution in [3.63, 3.8) is 0 Å². The number of nitrogens with zero attached hydrogens (tertiary/aromatic N) is 3. The lowest BCUT2D eigenvalue weighted by molar-refractivity contribution is -0.119. The molecule has 1 saturated heterocycles. The molecular formula is C19H15FN4O3. The van der Waals surface area contributed by atoms with E-state index in [9.17, 15) is 19.7 Å². The van der Waals surface area contributed by atoms with Gasteiger partial charge in [0.2, 0.25) is 11.8 Å². The highest BCUT2D eigenvalue weighted by atomic mass is 19.1. The predicted molar refractivity (Wildman–Crippen MR) is 93.2 cm³/mol. The molecule has 7 nitrogen and oxygen atoms in total. The Hall–Kier alpha value is -3.49. The number of amides is 1. The molecule has 2 heterocycles. The van der Waals surface area contributed by atoms with E-state index in [4.69, 9.17) is 9.47 Å². The van der Waals surface area contributed by atoms with Crippen LogP contribution in [0.5, 0.6) is 5.88 Å². The average Bonchev–Trinajstić information content (AvgIpc) is 3.22. The zero-order valence-corrected chi connectivity index (χ0v) is 14.5. The van der Waals surface area contributed by atoms with Crippen molar-refractivity contribution < 1.29 is 18.7 Å². The summed E-state index contributed by atoms with van der Waals surface area (Å²) in [4.78, 5) is 16.5. The second-order valence-corrected chi connectivity index (χ2v) is 5.85. The zero-order chi connectivity index (χ0) is 19.4.